The molecular formula is C24H27NO8S. The number of carbonyl (C=O) groups is 2. The third kappa shape index (κ3) is 6.43. The number of Topliss-reactive ketones (excluding diaryl/α,β-unsaturated/α-hetero) is 1. The summed E-state index contributed by atoms with van der Waals surface area (Å²) in [5.74, 6) is -0.0927. The Morgan fingerprint density at radius 1 is 1.06 bits per heavy atom. The Balaban J connectivity index is 1.60. The van der Waals surface area contributed by atoms with Crippen LogP contribution in [0.25, 0.3) is 6.08 Å². The lowest BCUT2D eigenvalue weighted by Gasteiger charge is -2.26. The molecule has 0 spiro atoms. The number of methoxy groups -OCH3 is 1. The molecule has 0 aliphatic carbocycles. The second-order valence-corrected chi connectivity index (χ2v) is 9.23. The molecule has 0 saturated carbocycles. The summed E-state index contributed by atoms with van der Waals surface area (Å²) in [6.07, 6.45) is 2.67. The van der Waals surface area contributed by atoms with E-state index in [1.165, 1.54) is 36.6 Å². The molecule has 0 unspecified atom stereocenters. The number of esters is 1. The normalized spacial score (nSPS) is 14.6. The second-order valence-electron chi connectivity index (χ2n) is 7.33. The highest BCUT2D eigenvalue weighted by molar-refractivity contribution is 7.89. The average Bonchev–Trinajstić information content (AvgIpc) is 2.85. The van der Waals surface area contributed by atoms with Crippen molar-refractivity contribution in [2.24, 2.45) is 0 Å². The summed E-state index contributed by atoms with van der Waals surface area (Å²) in [4.78, 5) is 23.7. The van der Waals surface area contributed by atoms with Gasteiger partial charge in [0.15, 0.2) is 5.78 Å². The summed E-state index contributed by atoms with van der Waals surface area (Å²) in [5.41, 5.74) is 0.951. The quantitative estimate of drug-likeness (QED) is 0.217. The lowest BCUT2D eigenvalue weighted by atomic mass is 10.1. The Kier molecular flexibility index (Phi) is 8.80. The standard InChI is InChI=1S/C24H27NO8S/c1-18(26)20-5-3-4-6-21(20)32-15-16-33-24(27)10-8-19-7-9-22(30-2)23(17-19)34(28,29)25-11-13-31-14-12-25/h3-10,17H,11-16H2,1-2H3/b10-8+. The van der Waals surface area contributed by atoms with Crippen LogP contribution < -0.4 is 9.47 Å². The Labute approximate surface area is 198 Å². The molecule has 0 amide bonds. The van der Waals surface area contributed by atoms with Gasteiger partial charge in [-0.3, -0.25) is 4.79 Å². The lowest BCUT2D eigenvalue weighted by Crippen LogP contribution is -2.40. The first-order chi connectivity index (χ1) is 16.3. The third-order valence-electron chi connectivity index (χ3n) is 5.04. The molecule has 2 aromatic rings. The predicted octanol–water partition coefficient (Wildman–Crippen LogP) is 2.55. The largest absolute Gasteiger partial charge is 0.495 e. The molecule has 9 nitrogen and oxygen atoms in total. The number of para-hydroxylation sites is 1. The SMILES string of the molecule is COc1ccc(/C=C/C(=O)OCCOc2ccccc2C(C)=O)cc1S(=O)(=O)N1CCOCC1. The molecule has 1 heterocycles. The van der Waals surface area contributed by atoms with E-state index in [0.717, 1.165) is 0 Å². The Morgan fingerprint density at radius 2 is 1.79 bits per heavy atom. The van der Waals surface area contributed by atoms with E-state index < -0.39 is 16.0 Å². The summed E-state index contributed by atoms with van der Waals surface area (Å²) in [6, 6.07) is 11.5. The number of benzene rings is 2. The molecule has 1 fully saturated rings. The van der Waals surface area contributed by atoms with Crippen LogP contribution in [0.3, 0.4) is 0 Å². The fraction of sp³-hybridized carbons (Fsp3) is 0.333. The predicted molar refractivity (Wildman–Crippen MR) is 125 cm³/mol. The van der Waals surface area contributed by atoms with E-state index in [1.807, 2.05) is 0 Å². The van der Waals surface area contributed by atoms with Crippen molar-refractivity contribution in [2.75, 3.05) is 46.6 Å². The number of ether oxygens (including phenoxy) is 4. The molecule has 10 heteroatoms. The topological polar surface area (TPSA) is 108 Å². The van der Waals surface area contributed by atoms with E-state index in [2.05, 4.69) is 0 Å². The summed E-state index contributed by atoms with van der Waals surface area (Å²) in [6.45, 7) is 2.69. The second kappa shape index (κ2) is 11.8. The molecule has 1 aliphatic rings. The summed E-state index contributed by atoms with van der Waals surface area (Å²) >= 11 is 0. The van der Waals surface area contributed by atoms with Crippen LogP contribution in [-0.4, -0.2) is 71.1 Å². The van der Waals surface area contributed by atoms with Crippen LogP contribution in [0.4, 0.5) is 0 Å². The van der Waals surface area contributed by atoms with Crippen molar-refractivity contribution < 1.29 is 37.0 Å². The maximum absolute atomic E-state index is 13.1. The van der Waals surface area contributed by atoms with Crippen molar-refractivity contribution >= 4 is 27.9 Å². The highest BCUT2D eigenvalue weighted by Crippen LogP contribution is 2.29. The Hall–Kier alpha value is -3.21. The van der Waals surface area contributed by atoms with Crippen LogP contribution in [0, 0.1) is 0 Å². The number of hydrogen-bond donors (Lipinski definition) is 0. The van der Waals surface area contributed by atoms with Gasteiger partial charge in [0.1, 0.15) is 29.6 Å². The number of carbonyl (C=O) groups excluding carboxylic acids is 2. The summed E-state index contributed by atoms with van der Waals surface area (Å²) in [5, 5.41) is 0. The van der Waals surface area contributed by atoms with Gasteiger partial charge in [-0.25, -0.2) is 13.2 Å². The number of nitrogens with zero attached hydrogens (tertiary/aromatic N) is 1. The first-order valence-corrected chi connectivity index (χ1v) is 12.1. The fourth-order valence-electron chi connectivity index (χ4n) is 3.31. The van der Waals surface area contributed by atoms with Crippen molar-refractivity contribution in [1.82, 2.24) is 4.31 Å². The van der Waals surface area contributed by atoms with Crippen LogP contribution in [-0.2, 0) is 24.3 Å². The molecule has 1 aliphatic heterocycles. The van der Waals surface area contributed by atoms with Gasteiger partial charge in [0.2, 0.25) is 10.0 Å². The van der Waals surface area contributed by atoms with Gasteiger partial charge in [-0.1, -0.05) is 18.2 Å². The zero-order valence-electron chi connectivity index (χ0n) is 19.1. The molecule has 0 bridgehead atoms. The highest BCUT2D eigenvalue weighted by Gasteiger charge is 2.29. The van der Waals surface area contributed by atoms with Crippen LogP contribution in [0.2, 0.25) is 0 Å². The molecule has 1 saturated heterocycles. The van der Waals surface area contributed by atoms with Gasteiger partial charge in [0.05, 0.1) is 25.9 Å². The molecule has 3 rings (SSSR count). The number of ketones is 1. The van der Waals surface area contributed by atoms with Crippen molar-refractivity contribution in [3.8, 4) is 11.5 Å². The van der Waals surface area contributed by atoms with E-state index in [1.54, 1.807) is 36.4 Å². The highest BCUT2D eigenvalue weighted by atomic mass is 32.2. The maximum Gasteiger partial charge on any atom is 0.330 e. The number of rotatable bonds is 10. The van der Waals surface area contributed by atoms with E-state index in [-0.39, 0.29) is 42.7 Å². The lowest BCUT2D eigenvalue weighted by molar-refractivity contribution is -0.138. The van der Waals surface area contributed by atoms with Gasteiger partial charge in [-0.05, 0) is 42.8 Å². The van der Waals surface area contributed by atoms with Gasteiger partial charge in [-0.2, -0.15) is 4.31 Å². The van der Waals surface area contributed by atoms with Crippen molar-refractivity contribution in [1.29, 1.82) is 0 Å². The van der Waals surface area contributed by atoms with Gasteiger partial charge < -0.3 is 18.9 Å². The summed E-state index contributed by atoms with van der Waals surface area (Å²) < 4.78 is 48.6. The first kappa shape index (κ1) is 25.4. The minimum absolute atomic E-state index is 0.0185. The van der Waals surface area contributed by atoms with E-state index >= 15 is 0 Å². The van der Waals surface area contributed by atoms with Crippen LogP contribution in [0.1, 0.15) is 22.8 Å². The van der Waals surface area contributed by atoms with Crippen molar-refractivity contribution in [3.63, 3.8) is 0 Å². The van der Waals surface area contributed by atoms with Crippen LogP contribution in [0.15, 0.2) is 53.4 Å². The number of hydrogen-bond acceptors (Lipinski definition) is 8. The minimum atomic E-state index is -3.78. The van der Waals surface area contributed by atoms with Crippen LogP contribution >= 0.6 is 0 Å². The maximum atomic E-state index is 13.1. The third-order valence-corrected chi connectivity index (χ3v) is 6.96. The monoisotopic (exact) mass is 489 g/mol. The zero-order valence-corrected chi connectivity index (χ0v) is 19.9. The molecule has 0 radical (unpaired) electrons. The smallest absolute Gasteiger partial charge is 0.330 e. The fourth-order valence-corrected chi connectivity index (χ4v) is 4.91. The molecule has 182 valence electrons. The number of morpholine rings is 1. The van der Waals surface area contributed by atoms with Crippen molar-refractivity contribution in [3.05, 3.63) is 59.7 Å². The van der Waals surface area contributed by atoms with Gasteiger partial charge in [-0.15, -0.1) is 0 Å². The van der Waals surface area contributed by atoms with E-state index in [0.29, 0.717) is 30.1 Å². The van der Waals surface area contributed by atoms with E-state index in [9.17, 15) is 18.0 Å². The molecular weight excluding hydrogens is 462 g/mol. The van der Waals surface area contributed by atoms with E-state index in [4.69, 9.17) is 18.9 Å². The average molecular weight is 490 g/mol. The molecule has 0 N–H and O–H groups in total. The minimum Gasteiger partial charge on any atom is -0.495 e. The molecule has 0 atom stereocenters. The Bertz CT molecular complexity index is 1150. The van der Waals surface area contributed by atoms with Crippen LogP contribution in [0.5, 0.6) is 11.5 Å². The van der Waals surface area contributed by atoms with Gasteiger partial charge >= 0.3 is 5.97 Å². The van der Waals surface area contributed by atoms with Gasteiger partial charge in [0, 0.05) is 19.2 Å². The molecule has 2 aromatic carbocycles. The molecule has 34 heavy (non-hydrogen) atoms. The number of sulfonamides is 1. The van der Waals surface area contributed by atoms with Crippen molar-refractivity contribution in [2.45, 2.75) is 11.8 Å². The first-order valence-electron chi connectivity index (χ1n) is 10.7. The molecule has 0 aromatic heterocycles. The zero-order chi connectivity index (χ0) is 24.6. The Morgan fingerprint density at radius 3 is 2.50 bits per heavy atom. The summed E-state index contributed by atoms with van der Waals surface area (Å²) in [7, 11) is -2.38. The van der Waals surface area contributed by atoms with Gasteiger partial charge in [0.25, 0.3) is 0 Å².